The molecule has 0 heterocycles. The van der Waals surface area contributed by atoms with Crippen molar-refractivity contribution < 1.29 is 9.59 Å². The predicted molar refractivity (Wildman–Crippen MR) is 114 cm³/mol. The van der Waals surface area contributed by atoms with Crippen LogP contribution < -0.4 is 16.4 Å². The van der Waals surface area contributed by atoms with Crippen molar-refractivity contribution in [3.05, 3.63) is 108 Å². The molecule has 0 bridgehead atoms. The van der Waals surface area contributed by atoms with Gasteiger partial charge in [0.15, 0.2) is 0 Å². The molecule has 1 unspecified atom stereocenters. The first kappa shape index (κ1) is 20.3. The number of rotatable bonds is 8. The average molecular weight is 387 g/mol. The van der Waals surface area contributed by atoms with E-state index in [1.54, 1.807) is 0 Å². The monoisotopic (exact) mass is 387 g/mol. The van der Waals surface area contributed by atoms with Crippen LogP contribution >= 0.6 is 0 Å². The molecule has 0 saturated heterocycles. The minimum Gasteiger partial charge on any atom is -0.343 e. The van der Waals surface area contributed by atoms with Gasteiger partial charge in [-0.1, -0.05) is 91.0 Å². The standard InChI is InChI=1S/C24H25N3O2/c25-17-22(28)26-21(16-18-10-4-1-5-11-18)24(29)27-23(19-12-6-2-7-13-19)20-14-8-3-9-15-20/h1-15,21,23H,16-17,25H2,(H,26,28)(H,27,29). The summed E-state index contributed by atoms with van der Waals surface area (Å²) in [4.78, 5) is 25.1. The molecular formula is C24H25N3O2. The van der Waals surface area contributed by atoms with Gasteiger partial charge in [0.05, 0.1) is 12.6 Å². The fraction of sp³-hybridized carbons (Fsp3) is 0.167. The van der Waals surface area contributed by atoms with E-state index in [0.717, 1.165) is 16.7 Å². The first-order valence-electron chi connectivity index (χ1n) is 9.61. The van der Waals surface area contributed by atoms with Gasteiger partial charge in [0.1, 0.15) is 6.04 Å². The number of carbonyl (C=O) groups is 2. The van der Waals surface area contributed by atoms with Gasteiger partial charge in [-0.3, -0.25) is 9.59 Å². The SMILES string of the molecule is NCC(=O)NC(Cc1ccccc1)C(=O)NC(c1ccccc1)c1ccccc1. The van der Waals surface area contributed by atoms with Crippen molar-refractivity contribution >= 4 is 11.8 Å². The quantitative estimate of drug-likeness (QED) is 0.555. The molecule has 3 aromatic rings. The van der Waals surface area contributed by atoms with E-state index in [9.17, 15) is 9.59 Å². The fourth-order valence-electron chi connectivity index (χ4n) is 3.21. The summed E-state index contributed by atoms with van der Waals surface area (Å²) in [6.07, 6.45) is 0.384. The van der Waals surface area contributed by atoms with Crippen molar-refractivity contribution in [2.24, 2.45) is 5.73 Å². The third-order valence-electron chi connectivity index (χ3n) is 4.67. The second kappa shape index (κ2) is 10.2. The third kappa shape index (κ3) is 5.77. The van der Waals surface area contributed by atoms with Crippen molar-refractivity contribution in [1.82, 2.24) is 10.6 Å². The summed E-state index contributed by atoms with van der Waals surface area (Å²) in [7, 11) is 0. The van der Waals surface area contributed by atoms with Crippen LogP contribution in [-0.4, -0.2) is 24.4 Å². The zero-order chi connectivity index (χ0) is 20.5. The van der Waals surface area contributed by atoms with Crippen LogP contribution in [-0.2, 0) is 16.0 Å². The van der Waals surface area contributed by atoms with Crippen LogP contribution in [0.5, 0.6) is 0 Å². The number of nitrogens with one attached hydrogen (secondary N) is 2. The molecule has 5 nitrogen and oxygen atoms in total. The number of benzene rings is 3. The highest BCUT2D eigenvalue weighted by atomic mass is 16.2. The lowest BCUT2D eigenvalue weighted by Gasteiger charge is -2.24. The van der Waals surface area contributed by atoms with Crippen molar-refractivity contribution in [3.63, 3.8) is 0 Å². The van der Waals surface area contributed by atoms with E-state index in [1.165, 1.54) is 0 Å². The molecule has 0 saturated carbocycles. The topological polar surface area (TPSA) is 84.2 Å². The van der Waals surface area contributed by atoms with Gasteiger partial charge in [0, 0.05) is 6.42 Å². The summed E-state index contributed by atoms with van der Waals surface area (Å²) < 4.78 is 0. The third-order valence-corrected chi connectivity index (χ3v) is 4.67. The molecule has 0 aliphatic heterocycles. The fourth-order valence-corrected chi connectivity index (χ4v) is 3.21. The number of hydrogen-bond acceptors (Lipinski definition) is 3. The Labute approximate surface area is 170 Å². The van der Waals surface area contributed by atoms with Gasteiger partial charge in [-0.2, -0.15) is 0 Å². The number of hydrogen-bond donors (Lipinski definition) is 3. The van der Waals surface area contributed by atoms with Gasteiger partial charge in [-0.05, 0) is 16.7 Å². The molecular weight excluding hydrogens is 362 g/mol. The van der Waals surface area contributed by atoms with E-state index in [4.69, 9.17) is 5.73 Å². The molecule has 3 rings (SSSR count). The summed E-state index contributed by atoms with van der Waals surface area (Å²) in [6.45, 7) is -0.167. The van der Waals surface area contributed by atoms with Crippen molar-refractivity contribution in [3.8, 4) is 0 Å². The molecule has 5 heteroatoms. The van der Waals surface area contributed by atoms with E-state index in [2.05, 4.69) is 10.6 Å². The first-order chi connectivity index (χ1) is 14.2. The van der Waals surface area contributed by atoms with Crippen molar-refractivity contribution in [2.75, 3.05) is 6.54 Å². The summed E-state index contributed by atoms with van der Waals surface area (Å²) in [5, 5.41) is 5.85. The van der Waals surface area contributed by atoms with Crippen molar-refractivity contribution in [2.45, 2.75) is 18.5 Å². The van der Waals surface area contributed by atoms with Crippen LogP contribution in [0.2, 0.25) is 0 Å². The summed E-state index contributed by atoms with van der Waals surface area (Å²) in [5.74, 6) is -0.620. The predicted octanol–water partition coefficient (Wildman–Crippen LogP) is 2.58. The molecule has 148 valence electrons. The molecule has 4 N–H and O–H groups in total. The van der Waals surface area contributed by atoms with Crippen LogP contribution in [0.4, 0.5) is 0 Å². The van der Waals surface area contributed by atoms with E-state index in [1.807, 2.05) is 91.0 Å². The van der Waals surface area contributed by atoms with Gasteiger partial charge in [0.2, 0.25) is 11.8 Å². The minimum absolute atomic E-state index is 0.167. The summed E-state index contributed by atoms with van der Waals surface area (Å²) >= 11 is 0. The van der Waals surface area contributed by atoms with Crippen LogP contribution in [0.3, 0.4) is 0 Å². The van der Waals surface area contributed by atoms with Crippen LogP contribution in [0, 0.1) is 0 Å². The zero-order valence-corrected chi connectivity index (χ0v) is 16.1. The molecule has 1 atom stereocenters. The number of nitrogens with two attached hydrogens (primary N) is 1. The van der Waals surface area contributed by atoms with E-state index in [-0.39, 0.29) is 24.4 Å². The lowest BCUT2D eigenvalue weighted by atomic mass is 9.97. The Bertz CT molecular complexity index is 875. The highest BCUT2D eigenvalue weighted by molar-refractivity contribution is 5.89. The molecule has 0 aliphatic rings. The first-order valence-corrected chi connectivity index (χ1v) is 9.61. The van der Waals surface area contributed by atoms with Crippen LogP contribution in [0.1, 0.15) is 22.7 Å². The van der Waals surface area contributed by atoms with Crippen LogP contribution in [0.15, 0.2) is 91.0 Å². The molecule has 0 radical (unpaired) electrons. The molecule has 3 aromatic carbocycles. The van der Waals surface area contributed by atoms with Gasteiger partial charge >= 0.3 is 0 Å². The Balaban J connectivity index is 1.85. The molecule has 2 amide bonds. The van der Waals surface area contributed by atoms with E-state index in [0.29, 0.717) is 6.42 Å². The van der Waals surface area contributed by atoms with Gasteiger partial charge in [-0.25, -0.2) is 0 Å². The Morgan fingerprint density at radius 1 is 0.724 bits per heavy atom. The lowest BCUT2D eigenvalue weighted by Crippen LogP contribution is -2.50. The second-order valence-corrected chi connectivity index (χ2v) is 6.78. The molecule has 0 fully saturated rings. The van der Waals surface area contributed by atoms with E-state index >= 15 is 0 Å². The number of amides is 2. The number of carbonyl (C=O) groups excluding carboxylic acids is 2. The van der Waals surface area contributed by atoms with Gasteiger partial charge < -0.3 is 16.4 Å². The largest absolute Gasteiger partial charge is 0.343 e. The lowest BCUT2D eigenvalue weighted by molar-refractivity contribution is -0.128. The summed E-state index contributed by atoms with van der Waals surface area (Å²) in [5.41, 5.74) is 8.35. The molecule has 0 aromatic heterocycles. The minimum atomic E-state index is -0.719. The van der Waals surface area contributed by atoms with Crippen LogP contribution in [0.25, 0.3) is 0 Å². The Morgan fingerprint density at radius 3 is 1.69 bits per heavy atom. The van der Waals surface area contributed by atoms with Gasteiger partial charge in [-0.15, -0.1) is 0 Å². The molecule has 0 aliphatic carbocycles. The summed E-state index contributed by atoms with van der Waals surface area (Å²) in [6, 6.07) is 28.1. The second-order valence-electron chi connectivity index (χ2n) is 6.78. The zero-order valence-electron chi connectivity index (χ0n) is 16.1. The highest BCUT2D eigenvalue weighted by Crippen LogP contribution is 2.22. The maximum Gasteiger partial charge on any atom is 0.243 e. The molecule has 29 heavy (non-hydrogen) atoms. The van der Waals surface area contributed by atoms with Crippen molar-refractivity contribution in [1.29, 1.82) is 0 Å². The molecule has 0 spiro atoms. The normalized spacial score (nSPS) is 11.7. The highest BCUT2D eigenvalue weighted by Gasteiger charge is 2.25. The smallest absolute Gasteiger partial charge is 0.243 e. The maximum atomic E-state index is 13.2. The Hall–Kier alpha value is -3.44. The maximum absolute atomic E-state index is 13.2. The van der Waals surface area contributed by atoms with E-state index < -0.39 is 6.04 Å². The Morgan fingerprint density at radius 2 is 1.21 bits per heavy atom. The Kier molecular flexibility index (Phi) is 7.14. The van der Waals surface area contributed by atoms with Gasteiger partial charge in [0.25, 0.3) is 0 Å². The average Bonchev–Trinajstić information content (AvgIpc) is 2.78.